The number of aliphatic hydroxyl groups excluding tert-OH is 16. The van der Waals surface area contributed by atoms with Crippen LogP contribution >= 0.6 is 0 Å². The van der Waals surface area contributed by atoms with Crippen molar-refractivity contribution < 1.29 is 134 Å². The highest BCUT2D eigenvalue weighted by Crippen LogP contribution is 2.71. The van der Waals surface area contributed by atoms with Crippen molar-refractivity contribution in [2.45, 2.75) is 270 Å². The minimum Gasteiger partial charge on any atom is -0.396 e. The van der Waals surface area contributed by atoms with Crippen LogP contribution in [0.25, 0.3) is 0 Å². The SMILES string of the molecule is CC1OC(OCC2OC(OC3CCC4(C)C(=CCC5C4CCC4(C)C5CC5OC6(CCC(C)(COC7OC(CO)C(O)C(O)C7O)O6)C(C)C54)C3)C(OC3CC(CO)C(O)C(OC4OC(CO)C(O)C(O)C4O)C3O)C(O)C2O)C(O)C(O)C1O. The molecule has 5 aliphatic carbocycles. The molecule has 27 heteroatoms. The summed E-state index contributed by atoms with van der Waals surface area (Å²) in [6.45, 7) is 7.93. The second-order valence-electron chi connectivity index (χ2n) is 27.5. The molecule has 0 aromatic rings. The molecule has 0 bridgehead atoms. The van der Waals surface area contributed by atoms with Gasteiger partial charge in [0.1, 0.15) is 104 Å². The number of aliphatic hydroxyl groups is 16. The number of hydrogen-bond donors (Lipinski definition) is 16. The lowest BCUT2D eigenvalue weighted by atomic mass is 9.47. The zero-order valence-corrected chi connectivity index (χ0v) is 48.8. The lowest BCUT2D eigenvalue weighted by Gasteiger charge is -2.58. The summed E-state index contributed by atoms with van der Waals surface area (Å²) in [6.07, 6.45) is -28.9. The molecule has 4 saturated carbocycles. The summed E-state index contributed by atoms with van der Waals surface area (Å²) >= 11 is 0. The molecule has 6 heterocycles. The second kappa shape index (κ2) is 24.9. The van der Waals surface area contributed by atoms with Gasteiger partial charge in [0.25, 0.3) is 0 Å². The normalized spacial score (nSPS) is 57.0. The molecule has 11 rings (SSSR count). The van der Waals surface area contributed by atoms with Gasteiger partial charge in [-0.05, 0) is 106 Å². The van der Waals surface area contributed by atoms with Crippen molar-refractivity contribution in [1.29, 1.82) is 0 Å². The summed E-state index contributed by atoms with van der Waals surface area (Å²) in [5, 5.41) is 171. The van der Waals surface area contributed by atoms with Crippen LogP contribution in [0.4, 0.5) is 0 Å². The van der Waals surface area contributed by atoms with E-state index in [1.165, 1.54) is 12.5 Å². The van der Waals surface area contributed by atoms with Crippen LogP contribution in [0.2, 0.25) is 0 Å². The fourth-order valence-electron chi connectivity index (χ4n) is 17.5. The first kappa shape index (κ1) is 65.2. The Hall–Kier alpha value is -1.34. The van der Waals surface area contributed by atoms with Crippen molar-refractivity contribution in [3.8, 4) is 0 Å². The fraction of sp³-hybridized carbons (Fsp3) is 0.966. The molecule has 6 aliphatic heterocycles. The third-order valence-corrected chi connectivity index (χ3v) is 22.5. The van der Waals surface area contributed by atoms with E-state index in [1.807, 2.05) is 6.92 Å². The van der Waals surface area contributed by atoms with Crippen molar-refractivity contribution in [2.24, 2.45) is 46.3 Å². The highest BCUT2D eigenvalue weighted by Gasteiger charge is 2.71. The summed E-state index contributed by atoms with van der Waals surface area (Å²) in [5.41, 5.74) is 0.181. The standard InChI is InChI=1S/C58H94O27/c1-22-35-30(84-58(22)13-12-55(3,85-58)21-76-52-47(73)43(69)38(64)32(18-60)80-52)16-29-27-7-6-25-15-26(8-10-56(25,4)28(27)9-11-57(29,35)5)78-54-50(45(71)40(66)34(82-54)20-75-51-46(72)42(68)36(62)23(2)77-51)79-31-14-24(17-59)37(63)49(41(31)67)83-53-48(74)44(70)39(65)33(19-61)81-53/h6,22-24,26-54,59-74H,7-21H2,1-5H3. The maximum Gasteiger partial charge on any atom is 0.187 e. The van der Waals surface area contributed by atoms with E-state index in [1.54, 1.807) is 0 Å². The van der Waals surface area contributed by atoms with Gasteiger partial charge in [-0.15, -0.1) is 0 Å². The number of hydrogen-bond acceptors (Lipinski definition) is 27. The second-order valence-corrected chi connectivity index (χ2v) is 27.5. The first-order valence-electron chi connectivity index (χ1n) is 30.8. The van der Waals surface area contributed by atoms with E-state index in [9.17, 15) is 81.7 Å². The fourth-order valence-corrected chi connectivity index (χ4v) is 17.5. The molecular weight excluding hydrogens is 1130 g/mol. The van der Waals surface area contributed by atoms with Crippen LogP contribution < -0.4 is 0 Å². The smallest absolute Gasteiger partial charge is 0.187 e. The largest absolute Gasteiger partial charge is 0.396 e. The summed E-state index contributed by atoms with van der Waals surface area (Å²) in [5.74, 6) is -0.530. The van der Waals surface area contributed by atoms with Crippen molar-refractivity contribution in [3.05, 3.63) is 11.6 Å². The van der Waals surface area contributed by atoms with E-state index in [2.05, 4.69) is 26.8 Å². The van der Waals surface area contributed by atoms with Gasteiger partial charge in [0.2, 0.25) is 0 Å². The lowest BCUT2D eigenvalue weighted by Crippen LogP contribution is -2.65. The van der Waals surface area contributed by atoms with Crippen molar-refractivity contribution in [2.75, 3.05) is 33.0 Å². The molecule has 0 aromatic heterocycles. The molecule has 488 valence electrons. The molecule has 11 aliphatic rings. The van der Waals surface area contributed by atoms with E-state index in [-0.39, 0.29) is 41.8 Å². The van der Waals surface area contributed by atoms with Gasteiger partial charge in [-0.25, -0.2) is 0 Å². The van der Waals surface area contributed by atoms with E-state index in [4.69, 9.17) is 52.1 Å². The Morgan fingerprint density at radius 2 is 1.16 bits per heavy atom. The summed E-state index contributed by atoms with van der Waals surface area (Å²) in [6, 6.07) is 0. The maximum absolute atomic E-state index is 12.0. The molecule has 10 fully saturated rings. The van der Waals surface area contributed by atoms with Crippen LogP contribution in [0.5, 0.6) is 0 Å². The topological polar surface area (TPSA) is 425 Å². The first-order chi connectivity index (χ1) is 40.2. The summed E-state index contributed by atoms with van der Waals surface area (Å²) < 4.78 is 68.2. The van der Waals surface area contributed by atoms with Crippen LogP contribution in [-0.4, -0.2) is 286 Å². The molecule has 85 heavy (non-hydrogen) atoms. The van der Waals surface area contributed by atoms with Crippen LogP contribution in [0, 0.1) is 46.3 Å². The third kappa shape index (κ3) is 11.5. The highest BCUT2D eigenvalue weighted by molar-refractivity contribution is 5.27. The Morgan fingerprint density at radius 3 is 1.84 bits per heavy atom. The van der Waals surface area contributed by atoms with Gasteiger partial charge >= 0.3 is 0 Å². The van der Waals surface area contributed by atoms with Gasteiger partial charge in [-0.1, -0.05) is 32.4 Å². The number of ether oxygens (including phenoxy) is 11. The van der Waals surface area contributed by atoms with Gasteiger partial charge in [-0.2, -0.15) is 0 Å². The van der Waals surface area contributed by atoms with Gasteiger partial charge in [0, 0.05) is 24.9 Å². The molecule has 6 saturated heterocycles. The molecule has 0 radical (unpaired) electrons. The van der Waals surface area contributed by atoms with Crippen LogP contribution in [0.15, 0.2) is 11.6 Å². The molecule has 0 aromatic carbocycles. The average molecular weight is 1220 g/mol. The van der Waals surface area contributed by atoms with E-state index in [0.717, 1.165) is 32.1 Å². The van der Waals surface area contributed by atoms with Gasteiger partial charge in [0.15, 0.2) is 30.9 Å². The van der Waals surface area contributed by atoms with Crippen LogP contribution in [-0.2, 0) is 52.1 Å². The lowest BCUT2D eigenvalue weighted by molar-refractivity contribution is -0.356. The van der Waals surface area contributed by atoms with E-state index in [0.29, 0.717) is 43.4 Å². The molecule has 1 spiro atoms. The molecule has 0 amide bonds. The first-order valence-corrected chi connectivity index (χ1v) is 30.8. The number of fused-ring (bicyclic) bond motifs is 7. The monoisotopic (exact) mass is 1220 g/mol. The Balaban J connectivity index is 0.775. The van der Waals surface area contributed by atoms with E-state index >= 15 is 0 Å². The minimum atomic E-state index is -1.90. The minimum absolute atomic E-state index is 0.0209. The van der Waals surface area contributed by atoms with Crippen molar-refractivity contribution in [3.63, 3.8) is 0 Å². The third-order valence-electron chi connectivity index (χ3n) is 22.5. The van der Waals surface area contributed by atoms with Crippen LogP contribution in [0.1, 0.15) is 98.8 Å². The predicted octanol–water partition coefficient (Wildman–Crippen LogP) is -4.36. The predicted molar refractivity (Wildman–Crippen MR) is 284 cm³/mol. The van der Waals surface area contributed by atoms with Crippen molar-refractivity contribution in [1.82, 2.24) is 0 Å². The highest BCUT2D eigenvalue weighted by atomic mass is 16.8. The van der Waals surface area contributed by atoms with Crippen molar-refractivity contribution >= 4 is 0 Å². The van der Waals surface area contributed by atoms with Gasteiger partial charge in [-0.3, -0.25) is 0 Å². The summed E-state index contributed by atoms with van der Waals surface area (Å²) in [7, 11) is 0. The quantitative estimate of drug-likeness (QED) is 0.0689. The zero-order valence-electron chi connectivity index (χ0n) is 48.8. The summed E-state index contributed by atoms with van der Waals surface area (Å²) in [4.78, 5) is 0. The van der Waals surface area contributed by atoms with E-state index < -0.39 is 197 Å². The van der Waals surface area contributed by atoms with Crippen LogP contribution in [0.3, 0.4) is 0 Å². The molecule has 16 N–H and O–H groups in total. The maximum atomic E-state index is 12.0. The number of allylic oxidation sites excluding steroid dienone is 1. The number of rotatable bonds is 15. The average Bonchev–Trinajstić information content (AvgIpc) is 1.57. The Labute approximate surface area is 493 Å². The Bertz CT molecular complexity index is 2300. The molecule has 27 nitrogen and oxygen atoms in total. The Morgan fingerprint density at radius 1 is 0.541 bits per heavy atom. The Kier molecular flexibility index (Phi) is 19.1. The zero-order chi connectivity index (χ0) is 61.1. The van der Waals surface area contributed by atoms with Gasteiger partial charge in [0.05, 0.1) is 62.5 Å². The molecule has 36 atom stereocenters. The molecule has 36 unspecified atom stereocenters. The van der Waals surface area contributed by atoms with Gasteiger partial charge < -0.3 is 134 Å². The molecular formula is C58H94O27.